The number of hydrogen-bond acceptors (Lipinski definition) is 7. The van der Waals surface area contributed by atoms with E-state index in [1.807, 2.05) is 0 Å². The molecular weight excluding hydrogens is 271 g/mol. The van der Waals surface area contributed by atoms with Gasteiger partial charge in [-0.15, -0.1) is 9.42 Å². The van der Waals surface area contributed by atoms with Crippen molar-refractivity contribution in [1.82, 2.24) is 15.0 Å². The third kappa shape index (κ3) is 4.14. The predicted octanol–water partition coefficient (Wildman–Crippen LogP) is 0.337. The Morgan fingerprint density at radius 1 is 1.37 bits per heavy atom. The molecule has 1 aliphatic carbocycles. The van der Waals surface area contributed by atoms with Gasteiger partial charge in [0.25, 0.3) is 0 Å². The smallest absolute Gasteiger partial charge is 0.396 e. The van der Waals surface area contributed by atoms with Gasteiger partial charge in [-0.05, 0) is 24.7 Å². The van der Waals surface area contributed by atoms with E-state index < -0.39 is 8.25 Å². The number of rotatable bonds is 6. The number of aliphatic hydroxyl groups is 1. The van der Waals surface area contributed by atoms with E-state index in [1.54, 1.807) is 0 Å². The molecule has 0 radical (unpaired) electrons. The predicted molar refractivity (Wildman–Crippen MR) is 66.3 cm³/mol. The largest absolute Gasteiger partial charge is 0.694 e. The van der Waals surface area contributed by atoms with E-state index >= 15 is 0 Å². The third-order valence-corrected chi connectivity index (χ3v) is 3.67. The molecule has 1 aliphatic rings. The fraction of sp³-hybridized carbons (Fsp3) is 0.700. The Morgan fingerprint density at radius 3 is 2.68 bits per heavy atom. The van der Waals surface area contributed by atoms with Crippen LogP contribution in [0.1, 0.15) is 12.8 Å². The Kier molecular flexibility index (Phi) is 5.09. The van der Waals surface area contributed by atoms with Crippen LogP contribution in [0.25, 0.3) is 0 Å². The van der Waals surface area contributed by atoms with Gasteiger partial charge in [0.15, 0.2) is 0 Å². The first-order valence-corrected chi connectivity index (χ1v) is 7.10. The summed E-state index contributed by atoms with van der Waals surface area (Å²) in [6, 6.07) is 0.115. The fourth-order valence-corrected chi connectivity index (χ4v) is 2.73. The molecule has 0 saturated heterocycles. The van der Waals surface area contributed by atoms with Crippen molar-refractivity contribution in [2.45, 2.75) is 18.9 Å². The number of nitrogens with zero attached hydrogens (tertiary/aromatic N) is 3. The molecule has 1 fully saturated rings. The Bertz CT molecular complexity index is 421. The lowest BCUT2D eigenvalue weighted by molar-refractivity contribution is 0.148. The van der Waals surface area contributed by atoms with Crippen LogP contribution in [0.15, 0.2) is 12.7 Å². The van der Waals surface area contributed by atoms with Crippen LogP contribution in [0.4, 0.5) is 5.95 Å². The monoisotopic (exact) mass is 287 g/mol. The maximum atomic E-state index is 10.5. The molecule has 0 bridgehead atoms. The quantitative estimate of drug-likeness (QED) is 0.641. The number of anilines is 1. The van der Waals surface area contributed by atoms with Gasteiger partial charge in [0.1, 0.15) is 19.3 Å². The molecule has 1 aromatic rings. The summed E-state index contributed by atoms with van der Waals surface area (Å²) in [6.07, 6.45) is 4.30. The van der Waals surface area contributed by atoms with E-state index in [1.165, 1.54) is 12.7 Å². The van der Waals surface area contributed by atoms with Crippen molar-refractivity contribution in [1.29, 1.82) is 0 Å². The van der Waals surface area contributed by atoms with Crippen molar-refractivity contribution in [2.75, 3.05) is 18.5 Å². The minimum absolute atomic E-state index is 0.0334. The summed E-state index contributed by atoms with van der Waals surface area (Å²) in [5.41, 5.74) is 0. The molecule has 0 amide bonds. The molecule has 8 nitrogen and oxygen atoms in total. The standard InChI is InChI=1S/C10H15N4O4P/c15-3-7-1-9(2-8(7)4-18-19(16)17)14-10-12-5-11-6-13-10/h5-9,15H,1-4H2,(H-,11,12,13,14,16,17)/p+1/t7?,8-,9-/m1/s1. The minimum atomic E-state index is -2.59. The van der Waals surface area contributed by atoms with Crippen molar-refractivity contribution in [3.8, 4) is 0 Å². The molecule has 1 saturated carbocycles. The van der Waals surface area contributed by atoms with Gasteiger partial charge in [-0.25, -0.2) is 15.0 Å². The molecule has 9 heteroatoms. The maximum Gasteiger partial charge on any atom is 0.694 e. The molecule has 104 valence electrons. The zero-order valence-corrected chi connectivity index (χ0v) is 11.1. The highest BCUT2D eigenvalue weighted by Gasteiger charge is 2.36. The molecule has 0 spiro atoms. The molecule has 4 atom stereocenters. The zero-order valence-electron chi connectivity index (χ0n) is 10.2. The Labute approximate surface area is 111 Å². The average Bonchev–Trinajstić information content (AvgIpc) is 2.79. The van der Waals surface area contributed by atoms with Crippen molar-refractivity contribution in [3.05, 3.63) is 12.7 Å². The van der Waals surface area contributed by atoms with Crippen LogP contribution in [-0.2, 0) is 9.09 Å². The van der Waals surface area contributed by atoms with E-state index in [4.69, 9.17) is 9.42 Å². The van der Waals surface area contributed by atoms with Crippen LogP contribution in [0.3, 0.4) is 0 Å². The second-order valence-corrected chi connectivity index (χ2v) is 5.24. The lowest BCUT2D eigenvalue weighted by atomic mass is 9.98. The summed E-state index contributed by atoms with van der Waals surface area (Å²) >= 11 is 0. The average molecular weight is 287 g/mol. The second-order valence-electron chi connectivity index (χ2n) is 4.51. The first-order chi connectivity index (χ1) is 9.19. The first kappa shape index (κ1) is 14.2. The van der Waals surface area contributed by atoms with Crippen molar-refractivity contribution < 1.29 is 19.1 Å². The molecule has 1 heterocycles. The Morgan fingerprint density at radius 2 is 2.05 bits per heavy atom. The molecule has 2 rings (SSSR count). The molecule has 19 heavy (non-hydrogen) atoms. The summed E-state index contributed by atoms with van der Waals surface area (Å²) < 4.78 is 15.3. The molecule has 3 N–H and O–H groups in total. The topological polar surface area (TPSA) is 117 Å². The van der Waals surface area contributed by atoms with Gasteiger partial charge in [0.2, 0.25) is 5.95 Å². The van der Waals surface area contributed by atoms with Gasteiger partial charge in [-0.2, -0.15) is 0 Å². The Balaban J connectivity index is 1.89. The van der Waals surface area contributed by atoms with Gasteiger partial charge < -0.3 is 10.4 Å². The van der Waals surface area contributed by atoms with Crippen LogP contribution in [0, 0.1) is 11.8 Å². The minimum Gasteiger partial charge on any atom is -0.396 e. The molecule has 0 aliphatic heterocycles. The molecular formula is C10H16N4O4P+. The SMILES string of the molecule is O=[P+](O)OC[C@H]1C[C@H](Nc2ncncn2)CC1CO. The normalized spacial score (nSPS) is 27.3. The number of aromatic nitrogens is 3. The summed E-state index contributed by atoms with van der Waals surface area (Å²) in [7, 11) is -2.59. The highest BCUT2D eigenvalue weighted by Crippen LogP contribution is 2.34. The third-order valence-electron chi connectivity index (χ3n) is 3.30. The van der Waals surface area contributed by atoms with Gasteiger partial charge >= 0.3 is 8.25 Å². The van der Waals surface area contributed by atoms with Crippen LogP contribution < -0.4 is 5.32 Å². The fourth-order valence-electron chi connectivity index (χ4n) is 2.41. The Hall–Kier alpha value is -1.21. The zero-order chi connectivity index (χ0) is 13.7. The summed E-state index contributed by atoms with van der Waals surface area (Å²) in [6.45, 7) is 0.206. The summed E-state index contributed by atoms with van der Waals surface area (Å²) in [5.74, 6) is 0.594. The number of aliphatic hydroxyl groups excluding tert-OH is 1. The van der Waals surface area contributed by atoms with Gasteiger partial charge in [-0.3, -0.25) is 0 Å². The van der Waals surface area contributed by atoms with Crippen molar-refractivity contribution in [2.24, 2.45) is 11.8 Å². The van der Waals surface area contributed by atoms with Gasteiger partial charge in [0.05, 0.1) is 0 Å². The molecule has 1 aromatic heterocycles. The molecule has 2 unspecified atom stereocenters. The molecule has 0 aromatic carbocycles. The van der Waals surface area contributed by atoms with E-state index in [0.717, 1.165) is 12.8 Å². The number of nitrogens with one attached hydrogen (secondary N) is 1. The number of hydrogen-bond donors (Lipinski definition) is 3. The summed E-state index contributed by atoms with van der Waals surface area (Å²) in [4.78, 5) is 20.3. The van der Waals surface area contributed by atoms with Gasteiger partial charge in [0, 0.05) is 17.2 Å². The van der Waals surface area contributed by atoms with Crippen molar-refractivity contribution in [3.63, 3.8) is 0 Å². The van der Waals surface area contributed by atoms with Gasteiger partial charge in [-0.1, -0.05) is 0 Å². The van der Waals surface area contributed by atoms with Crippen LogP contribution >= 0.6 is 8.25 Å². The first-order valence-electron chi connectivity index (χ1n) is 5.97. The van der Waals surface area contributed by atoms with E-state index in [0.29, 0.717) is 5.95 Å². The lowest BCUT2D eigenvalue weighted by Crippen LogP contribution is -2.18. The highest BCUT2D eigenvalue weighted by atomic mass is 31.1. The second kappa shape index (κ2) is 6.81. The van der Waals surface area contributed by atoms with Crippen molar-refractivity contribution >= 4 is 14.2 Å². The lowest BCUT2D eigenvalue weighted by Gasteiger charge is -2.12. The van der Waals surface area contributed by atoms with Crippen LogP contribution in [-0.4, -0.2) is 44.2 Å². The van der Waals surface area contributed by atoms with Crippen LogP contribution in [0.5, 0.6) is 0 Å². The van der Waals surface area contributed by atoms with Crippen LogP contribution in [0.2, 0.25) is 0 Å². The van der Waals surface area contributed by atoms with E-state index in [9.17, 15) is 9.67 Å². The van der Waals surface area contributed by atoms with E-state index in [-0.39, 0.29) is 31.1 Å². The van der Waals surface area contributed by atoms with E-state index in [2.05, 4.69) is 20.3 Å². The highest BCUT2D eigenvalue weighted by molar-refractivity contribution is 7.32. The maximum absolute atomic E-state index is 10.5. The summed E-state index contributed by atoms with van der Waals surface area (Å²) in [5, 5.41) is 12.5.